The van der Waals surface area contributed by atoms with Crippen molar-refractivity contribution in [1.82, 2.24) is 5.32 Å². The highest BCUT2D eigenvalue weighted by Crippen LogP contribution is 2.24. The van der Waals surface area contributed by atoms with Crippen LogP contribution < -0.4 is 5.32 Å². The molecule has 2 aromatic carbocycles. The minimum Gasteiger partial charge on any atom is -0.309 e. The van der Waals surface area contributed by atoms with Gasteiger partial charge >= 0.3 is 0 Å². The van der Waals surface area contributed by atoms with Gasteiger partial charge in [0.05, 0.1) is 6.04 Å². The predicted molar refractivity (Wildman–Crippen MR) is 68.8 cm³/mol. The number of benzene rings is 2. The van der Waals surface area contributed by atoms with Gasteiger partial charge in [0.1, 0.15) is 5.82 Å². The molecule has 1 unspecified atom stereocenters. The zero-order valence-electron chi connectivity index (χ0n) is 9.45. The molecule has 3 heteroatoms. The lowest BCUT2D eigenvalue weighted by molar-refractivity contribution is 0.576. The maximum absolute atomic E-state index is 13.7. The van der Waals surface area contributed by atoms with Crippen LogP contribution in [0.25, 0.3) is 0 Å². The van der Waals surface area contributed by atoms with Crippen molar-refractivity contribution in [2.24, 2.45) is 0 Å². The molecule has 1 N–H and O–H groups in total. The van der Waals surface area contributed by atoms with Crippen LogP contribution in [0.5, 0.6) is 0 Å². The molecule has 0 bridgehead atoms. The van der Waals surface area contributed by atoms with Crippen LogP contribution in [-0.2, 0) is 0 Å². The lowest BCUT2D eigenvalue weighted by Gasteiger charge is -2.17. The van der Waals surface area contributed by atoms with Crippen molar-refractivity contribution in [2.75, 3.05) is 7.05 Å². The zero-order valence-corrected chi connectivity index (χ0v) is 10.2. The second-order valence-corrected chi connectivity index (χ2v) is 4.23. The van der Waals surface area contributed by atoms with Crippen molar-refractivity contribution in [1.29, 1.82) is 0 Å². The molecule has 88 valence electrons. The van der Waals surface area contributed by atoms with Gasteiger partial charge in [0.25, 0.3) is 0 Å². The molecule has 0 saturated heterocycles. The van der Waals surface area contributed by atoms with E-state index in [0.29, 0.717) is 10.6 Å². The van der Waals surface area contributed by atoms with Crippen molar-refractivity contribution >= 4 is 11.6 Å². The van der Waals surface area contributed by atoms with Crippen LogP contribution in [0.4, 0.5) is 4.39 Å². The minimum absolute atomic E-state index is 0.159. The van der Waals surface area contributed by atoms with Gasteiger partial charge in [0, 0.05) is 10.6 Å². The van der Waals surface area contributed by atoms with Gasteiger partial charge in [-0.2, -0.15) is 0 Å². The van der Waals surface area contributed by atoms with Crippen LogP contribution in [0.15, 0.2) is 48.5 Å². The van der Waals surface area contributed by atoms with Gasteiger partial charge in [0.15, 0.2) is 0 Å². The number of hydrogen-bond acceptors (Lipinski definition) is 1. The third-order valence-electron chi connectivity index (χ3n) is 2.71. The summed E-state index contributed by atoms with van der Waals surface area (Å²) in [5.41, 5.74) is 1.62. The fourth-order valence-electron chi connectivity index (χ4n) is 1.87. The molecule has 0 spiro atoms. The van der Waals surface area contributed by atoms with Gasteiger partial charge in [0.2, 0.25) is 0 Å². The third kappa shape index (κ3) is 2.65. The summed E-state index contributed by atoms with van der Waals surface area (Å²) in [4.78, 5) is 0. The van der Waals surface area contributed by atoms with E-state index in [4.69, 9.17) is 11.6 Å². The maximum Gasteiger partial charge on any atom is 0.128 e. The summed E-state index contributed by atoms with van der Waals surface area (Å²) in [7, 11) is 1.81. The number of rotatable bonds is 3. The fourth-order valence-corrected chi connectivity index (χ4v) is 1.99. The first-order valence-corrected chi connectivity index (χ1v) is 5.77. The van der Waals surface area contributed by atoms with E-state index in [2.05, 4.69) is 5.32 Å². The Morgan fingerprint density at radius 1 is 1.06 bits per heavy atom. The number of hydrogen-bond donors (Lipinski definition) is 1. The molecule has 0 saturated carbocycles. The second-order valence-electron chi connectivity index (χ2n) is 3.79. The summed E-state index contributed by atoms with van der Waals surface area (Å²) in [5.74, 6) is -0.207. The molecule has 0 aliphatic heterocycles. The van der Waals surface area contributed by atoms with Crippen molar-refractivity contribution in [3.8, 4) is 0 Å². The van der Waals surface area contributed by atoms with Crippen molar-refractivity contribution in [2.45, 2.75) is 6.04 Å². The van der Waals surface area contributed by atoms with Crippen LogP contribution in [0, 0.1) is 5.82 Å². The molecule has 0 aliphatic rings. The van der Waals surface area contributed by atoms with E-state index < -0.39 is 0 Å². The van der Waals surface area contributed by atoms with Crippen molar-refractivity contribution in [3.63, 3.8) is 0 Å². The maximum atomic E-state index is 13.7. The Labute approximate surface area is 105 Å². The fraction of sp³-hybridized carbons (Fsp3) is 0.143. The summed E-state index contributed by atoms with van der Waals surface area (Å²) in [6.45, 7) is 0. The summed E-state index contributed by atoms with van der Waals surface area (Å²) < 4.78 is 13.7. The number of halogens is 2. The lowest BCUT2D eigenvalue weighted by atomic mass is 9.98. The largest absolute Gasteiger partial charge is 0.309 e. The van der Waals surface area contributed by atoms with Crippen LogP contribution in [0.1, 0.15) is 17.2 Å². The lowest BCUT2D eigenvalue weighted by Crippen LogP contribution is -2.18. The Bertz CT molecular complexity index is 496. The molecule has 1 nitrogen and oxygen atoms in total. The highest BCUT2D eigenvalue weighted by atomic mass is 35.5. The van der Waals surface area contributed by atoms with Gasteiger partial charge in [-0.3, -0.25) is 0 Å². The first-order valence-electron chi connectivity index (χ1n) is 5.39. The monoisotopic (exact) mass is 249 g/mol. The van der Waals surface area contributed by atoms with Gasteiger partial charge in [-0.1, -0.05) is 41.9 Å². The molecule has 0 amide bonds. The van der Waals surface area contributed by atoms with Crippen LogP contribution >= 0.6 is 11.6 Å². The van der Waals surface area contributed by atoms with Crippen LogP contribution in [-0.4, -0.2) is 7.05 Å². The first-order chi connectivity index (χ1) is 8.22. The van der Waals surface area contributed by atoms with Crippen molar-refractivity contribution < 1.29 is 4.39 Å². The van der Waals surface area contributed by atoms with E-state index >= 15 is 0 Å². The Hall–Kier alpha value is -1.38. The molecule has 0 aliphatic carbocycles. The quantitative estimate of drug-likeness (QED) is 0.873. The van der Waals surface area contributed by atoms with E-state index in [1.807, 2.05) is 37.4 Å². The molecule has 0 radical (unpaired) electrons. The topological polar surface area (TPSA) is 12.0 Å². The molecule has 0 fully saturated rings. The minimum atomic E-state index is -0.207. The Morgan fingerprint density at radius 3 is 2.29 bits per heavy atom. The number of nitrogens with one attached hydrogen (secondary N) is 1. The van der Waals surface area contributed by atoms with E-state index in [1.165, 1.54) is 6.07 Å². The Kier molecular flexibility index (Phi) is 3.77. The third-order valence-corrected chi connectivity index (χ3v) is 2.96. The van der Waals surface area contributed by atoms with Crippen LogP contribution in [0.2, 0.25) is 5.02 Å². The highest BCUT2D eigenvalue weighted by Gasteiger charge is 2.15. The SMILES string of the molecule is CNC(c1ccc(Cl)cc1)c1ccccc1F. The molecular weight excluding hydrogens is 237 g/mol. The summed E-state index contributed by atoms with van der Waals surface area (Å²) in [6.07, 6.45) is 0. The first kappa shape index (κ1) is 12.1. The average Bonchev–Trinajstić information content (AvgIpc) is 2.35. The van der Waals surface area contributed by atoms with E-state index in [0.717, 1.165) is 5.56 Å². The second kappa shape index (κ2) is 5.30. The van der Waals surface area contributed by atoms with E-state index in [1.54, 1.807) is 12.1 Å². The van der Waals surface area contributed by atoms with Gasteiger partial charge < -0.3 is 5.32 Å². The standard InChI is InChI=1S/C14H13ClFN/c1-17-14(10-6-8-11(15)9-7-10)12-4-2-3-5-13(12)16/h2-9,14,17H,1H3. The zero-order chi connectivity index (χ0) is 12.3. The average molecular weight is 250 g/mol. The molecular formula is C14H13ClFN. The summed E-state index contributed by atoms with van der Waals surface area (Å²) in [5, 5.41) is 3.79. The van der Waals surface area contributed by atoms with E-state index in [-0.39, 0.29) is 11.9 Å². The molecule has 0 aromatic heterocycles. The molecule has 0 heterocycles. The smallest absolute Gasteiger partial charge is 0.128 e. The molecule has 2 rings (SSSR count). The summed E-state index contributed by atoms with van der Waals surface area (Å²) in [6, 6.07) is 14.0. The van der Waals surface area contributed by atoms with Gasteiger partial charge in [-0.15, -0.1) is 0 Å². The molecule has 2 aromatic rings. The van der Waals surface area contributed by atoms with Gasteiger partial charge in [-0.05, 0) is 30.8 Å². The van der Waals surface area contributed by atoms with Crippen LogP contribution in [0.3, 0.4) is 0 Å². The highest BCUT2D eigenvalue weighted by molar-refractivity contribution is 6.30. The normalized spacial score (nSPS) is 12.4. The predicted octanol–water partition coefficient (Wildman–Crippen LogP) is 3.79. The Balaban J connectivity index is 2.40. The Morgan fingerprint density at radius 2 is 1.71 bits per heavy atom. The van der Waals surface area contributed by atoms with Gasteiger partial charge in [-0.25, -0.2) is 4.39 Å². The summed E-state index contributed by atoms with van der Waals surface area (Å²) >= 11 is 5.84. The molecule has 1 atom stereocenters. The molecule has 17 heavy (non-hydrogen) atoms. The van der Waals surface area contributed by atoms with Crippen molar-refractivity contribution in [3.05, 3.63) is 70.5 Å². The van der Waals surface area contributed by atoms with E-state index in [9.17, 15) is 4.39 Å².